The fourth-order valence-corrected chi connectivity index (χ4v) is 0.811. The van der Waals surface area contributed by atoms with Gasteiger partial charge in [-0.05, 0) is 25.5 Å². The Morgan fingerprint density at radius 1 is 1.55 bits per heavy atom. The lowest BCUT2D eigenvalue weighted by molar-refractivity contribution is 0.319. The summed E-state index contributed by atoms with van der Waals surface area (Å²) in [5, 5.41) is 11.5. The number of hydrogen-bond acceptors (Lipinski definition) is 3. The molecule has 0 aliphatic heterocycles. The van der Waals surface area contributed by atoms with Gasteiger partial charge in [0.05, 0.1) is 5.71 Å². The van der Waals surface area contributed by atoms with Gasteiger partial charge in [-0.15, -0.1) is 0 Å². The van der Waals surface area contributed by atoms with E-state index < -0.39 is 0 Å². The van der Waals surface area contributed by atoms with Crippen molar-refractivity contribution in [1.29, 1.82) is 0 Å². The van der Waals surface area contributed by atoms with Gasteiger partial charge in [0.15, 0.2) is 0 Å². The Hall–Kier alpha value is -1.38. The second-order valence-corrected chi connectivity index (χ2v) is 2.44. The van der Waals surface area contributed by atoms with Crippen molar-refractivity contribution in [2.45, 2.75) is 13.8 Å². The van der Waals surface area contributed by atoms with Crippen molar-refractivity contribution in [3.8, 4) is 0 Å². The average Bonchev–Trinajstić information content (AvgIpc) is 2.03. The number of pyridine rings is 1. The predicted octanol–water partition coefficient (Wildman–Crippen LogP) is 1.59. The third-order valence-electron chi connectivity index (χ3n) is 1.44. The van der Waals surface area contributed by atoms with Crippen LogP contribution in [-0.4, -0.2) is 15.9 Å². The Labute approximate surface area is 65.4 Å². The largest absolute Gasteiger partial charge is 0.411 e. The first-order chi connectivity index (χ1) is 5.24. The number of aryl methyl sites for hydroxylation is 1. The molecule has 1 rings (SSSR count). The zero-order valence-corrected chi connectivity index (χ0v) is 6.57. The topological polar surface area (TPSA) is 45.5 Å². The Morgan fingerprint density at radius 2 is 2.27 bits per heavy atom. The van der Waals surface area contributed by atoms with E-state index in [9.17, 15) is 0 Å². The van der Waals surface area contributed by atoms with Crippen LogP contribution in [0.5, 0.6) is 0 Å². The highest BCUT2D eigenvalue weighted by Gasteiger charge is 1.96. The predicted molar refractivity (Wildman–Crippen MR) is 43.0 cm³/mol. The summed E-state index contributed by atoms with van der Waals surface area (Å²) in [6.45, 7) is 3.68. The Kier molecular flexibility index (Phi) is 2.21. The molecule has 58 valence electrons. The number of oxime groups is 1. The first-order valence-corrected chi connectivity index (χ1v) is 3.34. The normalized spacial score (nSPS) is 11.6. The molecule has 1 N–H and O–H groups in total. The molecule has 0 saturated heterocycles. The zero-order valence-electron chi connectivity index (χ0n) is 6.57. The minimum Gasteiger partial charge on any atom is -0.411 e. The van der Waals surface area contributed by atoms with Crippen LogP contribution in [0.4, 0.5) is 0 Å². The number of rotatable bonds is 1. The van der Waals surface area contributed by atoms with Crippen LogP contribution in [0.1, 0.15) is 18.1 Å². The molecule has 11 heavy (non-hydrogen) atoms. The van der Waals surface area contributed by atoms with E-state index in [-0.39, 0.29) is 0 Å². The molecule has 3 nitrogen and oxygen atoms in total. The highest BCUT2D eigenvalue weighted by atomic mass is 16.4. The summed E-state index contributed by atoms with van der Waals surface area (Å²) in [4.78, 5) is 3.96. The standard InChI is InChI=1S/C8H10N2O/c1-6-3-8(5-9-4-6)7(2)10-11/h3-5,11H,1-2H3. The van der Waals surface area contributed by atoms with E-state index in [2.05, 4.69) is 10.1 Å². The lowest BCUT2D eigenvalue weighted by Gasteiger charge is -1.97. The number of hydrogen-bond donors (Lipinski definition) is 1. The summed E-state index contributed by atoms with van der Waals surface area (Å²) in [6.07, 6.45) is 3.43. The number of nitrogens with zero attached hydrogens (tertiary/aromatic N) is 2. The molecular weight excluding hydrogens is 140 g/mol. The molecule has 1 aromatic rings. The maximum Gasteiger partial charge on any atom is 0.0852 e. The van der Waals surface area contributed by atoms with Crippen molar-refractivity contribution in [2.75, 3.05) is 0 Å². The maximum absolute atomic E-state index is 8.44. The number of aromatic nitrogens is 1. The summed E-state index contributed by atoms with van der Waals surface area (Å²) in [6, 6.07) is 1.92. The van der Waals surface area contributed by atoms with Crippen molar-refractivity contribution in [1.82, 2.24) is 4.98 Å². The van der Waals surface area contributed by atoms with Crippen LogP contribution in [0.25, 0.3) is 0 Å². The molecule has 0 fully saturated rings. The molecular formula is C8H10N2O. The molecule has 0 atom stereocenters. The van der Waals surface area contributed by atoms with Crippen molar-refractivity contribution >= 4 is 5.71 Å². The van der Waals surface area contributed by atoms with Gasteiger partial charge in [0.25, 0.3) is 0 Å². The zero-order chi connectivity index (χ0) is 8.27. The third-order valence-corrected chi connectivity index (χ3v) is 1.44. The molecule has 1 aromatic heterocycles. The fourth-order valence-electron chi connectivity index (χ4n) is 0.811. The molecule has 3 heteroatoms. The van der Waals surface area contributed by atoms with E-state index >= 15 is 0 Å². The fraction of sp³-hybridized carbons (Fsp3) is 0.250. The lowest BCUT2D eigenvalue weighted by Crippen LogP contribution is -1.95. The quantitative estimate of drug-likeness (QED) is 0.375. The van der Waals surface area contributed by atoms with Gasteiger partial charge in [0, 0.05) is 18.0 Å². The second kappa shape index (κ2) is 3.14. The van der Waals surface area contributed by atoms with E-state index in [1.165, 1.54) is 0 Å². The summed E-state index contributed by atoms with van der Waals surface area (Å²) in [5.41, 5.74) is 2.50. The van der Waals surface area contributed by atoms with Gasteiger partial charge >= 0.3 is 0 Å². The molecule has 1 heterocycles. The molecule has 0 spiro atoms. The minimum absolute atomic E-state index is 0.584. The van der Waals surface area contributed by atoms with Crippen molar-refractivity contribution in [3.05, 3.63) is 29.6 Å². The van der Waals surface area contributed by atoms with Crippen molar-refractivity contribution in [2.24, 2.45) is 5.16 Å². The minimum atomic E-state index is 0.584. The Morgan fingerprint density at radius 3 is 2.82 bits per heavy atom. The van der Waals surface area contributed by atoms with E-state index in [0.29, 0.717) is 5.71 Å². The molecule has 0 aliphatic carbocycles. The van der Waals surface area contributed by atoms with Crippen molar-refractivity contribution < 1.29 is 5.21 Å². The van der Waals surface area contributed by atoms with Crippen LogP contribution >= 0.6 is 0 Å². The van der Waals surface area contributed by atoms with E-state index in [0.717, 1.165) is 11.1 Å². The first-order valence-electron chi connectivity index (χ1n) is 3.34. The van der Waals surface area contributed by atoms with E-state index in [1.807, 2.05) is 13.0 Å². The van der Waals surface area contributed by atoms with Crippen LogP contribution in [0, 0.1) is 6.92 Å². The van der Waals surface area contributed by atoms with Crippen LogP contribution < -0.4 is 0 Å². The molecule has 0 radical (unpaired) electrons. The molecule has 0 bridgehead atoms. The average molecular weight is 150 g/mol. The summed E-state index contributed by atoms with van der Waals surface area (Å²) >= 11 is 0. The van der Waals surface area contributed by atoms with E-state index in [1.54, 1.807) is 19.3 Å². The van der Waals surface area contributed by atoms with Gasteiger partial charge in [0.2, 0.25) is 0 Å². The third kappa shape index (κ3) is 1.77. The summed E-state index contributed by atoms with van der Waals surface area (Å²) < 4.78 is 0. The van der Waals surface area contributed by atoms with Gasteiger partial charge in [0.1, 0.15) is 0 Å². The van der Waals surface area contributed by atoms with Gasteiger partial charge in [-0.25, -0.2) is 0 Å². The van der Waals surface area contributed by atoms with Crippen LogP contribution in [-0.2, 0) is 0 Å². The highest BCUT2D eigenvalue weighted by Crippen LogP contribution is 2.01. The van der Waals surface area contributed by atoms with Crippen LogP contribution in [0.2, 0.25) is 0 Å². The van der Waals surface area contributed by atoms with Gasteiger partial charge < -0.3 is 5.21 Å². The van der Waals surface area contributed by atoms with Gasteiger partial charge in [-0.3, -0.25) is 4.98 Å². The molecule has 0 aromatic carbocycles. The smallest absolute Gasteiger partial charge is 0.0852 e. The van der Waals surface area contributed by atoms with Gasteiger partial charge in [-0.2, -0.15) is 0 Å². The lowest BCUT2D eigenvalue weighted by atomic mass is 10.1. The SMILES string of the molecule is CC(=NO)c1cncc(C)c1. The Balaban J connectivity index is 3.06. The van der Waals surface area contributed by atoms with Crippen molar-refractivity contribution in [3.63, 3.8) is 0 Å². The summed E-state index contributed by atoms with van der Waals surface area (Å²) in [7, 11) is 0. The summed E-state index contributed by atoms with van der Waals surface area (Å²) in [5.74, 6) is 0. The molecule has 0 amide bonds. The Bertz CT molecular complexity index is 281. The second-order valence-electron chi connectivity index (χ2n) is 2.44. The first kappa shape index (κ1) is 7.72. The molecule has 0 aliphatic rings. The molecule has 0 saturated carbocycles. The van der Waals surface area contributed by atoms with E-state index in [4.69, 9.17) is 5.21 Å². The van der Waals surface area contributed by atoms with Crippen LogP contribution in [0.3, 0.4) is 0 Å². The monoisotopic (exact) mass is 150 g/mol. The molecule has 0 unspecified atom stereocenters. The van der Waals surface area contributed by atoms with Gasteiger partial charge in [-0.1, -0.05) is 5.16 Å². The highest BCUT2D eigenvalue weighted by molar-refractivity contribution is 5.98. The van der Waals surface area contributed by atoms with Crippen LogP contribution in [0.15, 0.2) is 23.6 Å². The maximum atomic E-state index is 8.44.